The van der Waals surface area contributed by atoms with Crippen LogP contribution >= 0.6 is 0 Å². The van der Waals surface area contributed by atoms with E-state index in [0.29, 0.717) is 47.9 Å². The highest BCUT2D eigenvalue weighted by atomic mass is 16.5. The Bertz CT molecular complexity index is 1380. The second kappa shape index (κ2) is 9.24. The van der Waals surface area contributed by atoms with Crippen molar-refractivity contribution >= 4 is 0 Å². The molecule has 0 spiro atoms. The van der Waals surface area contributed by atoms with Gasteiger partial charge in [0.05, 0.1) is 18.1 Å². The number of hydrogen-bond acceptors (Lipinski definition) is 7. The average molecular weight is 460 g/mol. The first-order valence-corrected chi connectivity index (χ1v) is 10.9. The monoisotopic (exact) mass is 459 g/mol. The van der Waals surface area contributed by atoms with Crippen molar-refractivity contribution in [2.45, 2.75) is 32.7 Å². The maximum atomic E-state index is 13.8. The van der Waals surface area contributed by atoms with Crippen molar-refractivity contribution in [3.05, 3.63) is 92.7 Å². The van der Waals surface area contributed by atoms with Crippen LogP contribution in [0.5, 0.6) is 23.0 Å². The van der Waals surface area contributed by atoms with Gasteiger partial charge in [-0.25, -0.2) is 0 Å². The van der Waals surface area contributed by atoms with E-state index in [9.17, 15) is 20.3 Å². The van der Waals surface area contributed by atoms with E-state index >= 15 is 0 Å². The van der Waals surface area contributed by atoms with Crippen LogP contribution < -0.4 is 20.8 Å². The summed E-state index contributed by atoms with van der Waals surface area (Å²) in [5.74, 6) is -0.321. The lowest BCUT2D eigenvalue weighted by molar-refractivity contribution is 0.334. The van der Waals surface area contributed by atoms with Gasteiger partial charge in [0.1, 0.15) is 23.1 Å². The zero-order valence-corrected chi connectivity index (χ0v) is 18.9. The van der Waals surface area contributed by atoms with Crippen molar-refractivity contribution in [3.63, 3.8) is 0 Å². The number of allylic oxidation sites excluding steroid dienone is 1. The third-order valence-electron chi connectivity index (χ3n) is 5.88. The maximum absolute atomic E-state index is 13.8. The molecule has 0 aliphatic carbocycles. The van der Waals surface area contributed by atoms with E-state index in [2.05, 4.69) is 6.07 Å². The third kappa shape index (κ3) is 4.04. The number of aryl methyl sites for hydroxylation is 2. The molecule has 0 saturated heterocycles. The summed E-state index contributed by atoms with van der Waals surface area (Å²) < 4.78 is 13.1. The van der Waals surface area contributed by atoms with Gasteiger partial charge in [-0.05, 0) is 44.0 Å². The molecule has 1 aromatic heterocycles. The molecule has 34 heavy (non-hydrogen) atoms. The molecule has 1 atom stereocenters. The molecule has 0 radical (unpaired) electrons. The first-order valence-electron chi connectivity index (χ1n) is 10.9. The van der Waals surface area contributed by atoms with Crippen LogP contribution in [0, 0.1) is 18.3 Å². The van der Waals surface area contributed by atoms with E-state index in [-0.39, 0.29) is 28.5 Å². The summed E-state index contributed by atoms with van der Waals surface area (Å²) in [6, 6.07) is 15.7. The van der Waals surface area contributed by atoms with Crippen molar-refractivity contribution in [1.29, 1.82) is 5.26 Å². The van der Waals surface area contributed by atoms with E-state index in [1.54, 1.807) is 29.7 Å². The third-order valence-corrected chi connectivity index (χ3v) is 5.88. The first-order chi connectivity index (χ1) is 16.3. The minimum atomic E-state index is -0.742. The molecular weight excluding hydrogens is 434 g/mol. The maximum Gasteiger partial charge on any atom is 0.258 e. The van der Waals surface area contributed by atoms with E-state index in [1.807, 2.05) is 25.1 Å². The van der Waals surface area contributed by atoms with Crippen LogP contribution in [0.25, 0.3) is 0 Å². The summed E-state index contributed by atoms with van der Waals surface area (Å²) in [6.45, 7) is 4.40. The van der Waals surface area contributed by atoms with E-state index in [1.165, 1.54) is 12.1 Å². The topological polar surface area (TPSA) is 131 Å². The molecule has 4 N–H and O–H groups in total. The Labute approximate surface area is 196 Å². The summed E-state index contributed by atoms with van der Waals surface area (Å²) in [7, 11) is 0. The van der Waals surface area contributed by atoms with Crippen molar-refractivity contribution in [2.24, 2.45) is 5.73 Å². The summed E-state index contributed by atoms with van der Waals surface area (Å²) in [5.41, 5.74) is 8.35. The number of aromatic hydroxyl groups is 2. The summed E-state index contributed by atoms with van der Waals surface area (Å²) >= 11 is 0. The molecule has 3 aromatic rings. The number of rotatable bonds is 6. The Balaban J connectivity index is 1.83. The standard InChI is InChI=1S/C26H25N3O5/c1-3-33-21-7-5-4-6-17(21)23-18(14-27)25(28)34-22-12-15(2)29(26(32)24(22)23)11-10-16-8-9-19(30)20(31)13-16/h4-9,12-13,23,30-31H,3,10-11,28H2,1-2H3. The summed E-state index contributed by atoms with van der Waals surface area (Å²) in [5, 5.41) is 29.2. The lowest BCUT2D eigenvalue weighted by atomic mass is 9.83. The fraction of sp³-hybridized carbons (Fsp3) is 0.231. The van der Waals surface area contributed by atoms with Gasteiger partial charge in [0.25, 0.3) is 5.56 Å². The minimum Gasteiger partial charge on any atom is -0.504 e. The van der Waals surface area contributed by atoms with Gasteiger partial charge in [0.15, 0.2) is 11.5 Å². The molecule has 0 saturated carbocycles. The summed E-state index contributed by atoms with van der Waals surface area (Å²) in [6.07, 6.45) is 0.442. The molecule has 2 heterocycles. The number of pyridine rings is 1. The second-order valence-corrected chi connectivity index (χ2v) is 7.99. The predicted octanol–water partition coefficient (Wildman–Crippen LogP) is 3.43. The second-order valence-electron chi connectivity index (χ2n) is 7.99. The number of hydrogen-bond donors (Lipinski definition) is 3. The number of benzene rings is 2. The zero-order chi connectivity index (χ0) is 24.4. The highest BCUT2D eigenvalue weighted by Crippen LogP contribution is 2.43. The van der Waals surface area contributed by atoms with Crippen molar-refractivity contribution < 1.29 is 19.7 Å². The van der Waals surface area contributed by atoms with Crippen LogP contribution in [0.3, 0.4) is 0 Å². The molecule has 1 aliphatic rings. The Morgan fingerprint density at radius 3 is 2.65 bits per heavy atom. The highest BCUT2D eigenvalue weighted by molar-refractivity contribution is 5.58. The normalized spacial score (nSPS) is 14.8. The number of ether oxygens (including phenoxy) is 2. The highest BCUT2D eigenvalue weighted by Gasteiger charge is 2.35. The van der Waals surface area contributed by atoms with Gasteiger partial charge in [0, 0.05) is 23.9 Å². The molecule has 1 aliphatic heterocycles. The minimum absolute atomic E-state index is 0.0394. The van der Waals surface area contributed by atoms with Gasteiger partial charge in [0.2, 0.25) is 5.88 Å². The van der Waals surface area contributed by atoms with Crippen molar-refractivity contribution in [3.8, 4) is 29.1 Å². The van der Waals surface area contributed by atoms with Crippen molar-refractivity contribution in [2.75, 3.05) is 6.61 Å². The Morgan fingerprint density at radius 1 is 1.18 bits per heavy atom. The number of nitrogens with zero attached hydrogens (tertiary/aromatic N) is 2. The number of phenolic OH excluding ortho intramolecular Hbond substituents is 2. The van der Waals surface area contributed by atoms with Crippen LogP contribution in [0.2, 0.25) is 0 Å². The van der Waals surface area contributed by atoms with Gasteiger partial charge < -0.3 is 30.0 Å². The molecule has 8 heteroatoms. The number of aromatic nitrogens is 1. The molecule has 1 unspecified atom stereocenters. The van der Waals surface area contributed by atoms with Gasteiger partial charge in [-0.3, -0.25) is 4.79 Å². The molecule has 4 rings (SSSR count). The smallest absolute Gasteiger partial charge is 0.258 e. The quantitative estimate of drug-likeness (QED) is 0.481. The van der Waals surface area contributed by atoms with Crippen LogP contribution in [0.1, 0.15) is 35.2 Å². The molecule has 0 fully saturated rings. The zero-order valence-electron chi connectivity index (χ0n) is 18.9. The number of nitrogens with two attached hydrogens (primary N) is 1. The molecule has 174 valence electrons. The Kier molecular flexibility index (Phi) is 6.19. The summed E-state index contributed by atoms with van der Waals surface area (Å²) in [4.78, 5) is 13.8. The molecule has 0 amide bonds. The van der Waals surface area contributed by atoms with E-state index in [4.69, 9.17) is 15.2 Å². The van der Waals surface area contributed by atoms with E-state index in [0.717, 1.165) is 5.56 Å². The largest absolute Gasteiger partial charge is 0.504 e. The van der Waals surface area contributed by atoms with Gasteiger partial charge in [-0.1, -0.05) is 24.3 Å². The number of fused-ring (bicyclic) bond motifs is 1. The lowest BCUT2D eigenvalue weighted by Crippen LogP contribution is -2.33. The molecular formula is C26H25N3O5. The van der Waals surface area contributed by atoms with E-state index < -0.39 is 5.92 Å². The average Bonchev–Trinajstić information content (AvgIpc) is 2.81. The van der Waals surface area contributed by atoms with Crippen LogP contribution in [0.4, 0.5) is 0 Å². The Hall–Kier alpha value is -4.38. The lowest BCUT2D eigenvalue weighted by Gasteiger charge is -2.28. The predicted molar refractivity (Wildman–Crippen MR) is 126 cm³/mol. The van der Waals surface area contributed by atoms with Gasteiger partial charge >= 0.3 is 0 Å². The van der Waals surface area contributed by atoms with Crippen LogP contribution in [-0.2, 0) is 13.0 Å². The van der Waals surface area contributed by atoms with Crippen LogP contribution in [0.15, 0.2) is 64.8 Å². The SMILES string of the molecule is CCOc1ccccc1C1C(C#N)=C(N)Oc2cc(C)n(CCc3ccc(O)c(O)c3)c(=O)c21. The number of para-hydroxylation sites is 1. The number of nitriles is 1. The first kappa shape index (κ1) is 22.8. The molecule has 8 nitrogen and oxygen atoms in total. The van der Waals surface area contributed by atoms with Crippen LogP contribution in [-0.4, -0.2) is 21.4 Å². The number of phenols is 2. The van der Waals surface area contributed by atoms with Gasteiger partial charge in [-0.2, -0.15) is 5.26 Å². The van der Waals surface area contributed by atoms with Crippen molar-refractivity contribution in [1.82, 2.24) is 4.57 Å². The van der Waals surface area contributed by atoms with Gasteiger partial charge in [-0.15, -0.1) is 0 Å². The Morgan fingerprint density at radius 2 is 1.94 bits per heavy atom. The fourth-order valence-corrected chi connectivity index (χ4v) is 4.25. The molecule has 0 bridgehead atoms. The molecule has 2 aromatic carbocycles. The fourth-order valence-electron chi connectivity index (χ4n) is 4.25.